The van der Waals surface area contributed by atoms with Gasteiger partial charge in [-0.15, -0.1) is 0 Å². The maximum Gasteiger partial charge on any atom is 0.167 e. The van der Waals surface area contributed by atoms with E-state index in [0.717, 1.165) is 35.2 Å². The molecule has 4 nitrogen and oxygen atoms in total. The first-order chi connectivity index (χ1) is 9.04. The van der Waals surface area contributed by atoms with E-state index >= 15 is 0 Å². The highest BCUT2D eigenvalue weighted by atomic mass is 79.9. The average molecular weight is 331 g/mol. The van der Waals surface area contributed by atoms with E-state index in [1.807, 2.05) is 25.5 Å². The topological polar surface area (TPSA) is 44.1 Å². The van der Waals surface area contributed by atoms with Gasteiger partial charge in [0.15, 0.2) is 5.78 Å². The minimum Gasteiger partial charge on any atom is -0.371 e. The molecule has 0 fully saturated rings. The van der Waals surface area contributed by atoms with Crippen molar-refractivity contribution < 1.29 is 9.53 Å². The number of hydrogen-bond acceptors (Lipinski definition) is 3. The first kappa shape index (κ1) is 16.4. The number of carbonyl (C=O) groups excluding carboxylic acids is 1. The summed E-state index contributed by atoms with van der Waals surface area (Å²) >= 11 is 3.52. The van der Waals surface area contributed by atoms with Crippen LogP contribution < -0.4 is 0 Å². The number of halogens is 1. The van der Waals surface area contributed by atoms with Crippen LogP contribution in [0.3, 0.4) is 0 Å². The molecule has 0 aliphatic heterocycles. The molecular weight excluding hydrogens is 308 g/mol. The molecule has 0 aliphatic rings. The van der Waals surface area contributed by atoms with Crippen molar-refractivity contribution in [3.05, 3.63) is 15.9 Å². The van der Waals surface area contributed by atoms with Crippen LogP contribution in [0.2, 0.25) is 0 Å². The van der Waals surface area contributed by atoms with Crippen molar-refractivity contribution in [2.75, 3.05) is 6.61 Å². The van der Waals surface area contributed by atoms with Crippen molar-refractivity contribution in [2.24, 2.45) is 0 Å². The van der Waals surface area contributed by atoms with Crippen molar-refractivity contribution in [2.45, 2.75) is 59.6 Å². The van der Waals surface area contributed by atoms with Gasteiger partial charge in [-0.1, -0.05) is 13.3 Å². The van der Waals surface area contributed by atoms with Crippen LogP contribution in [-0.2, 0) is 22.5 Å². The molecule has 0 N–H and O–H groups in total. The Morgan fingerprint density at radius 2 is 2.11 bits per heavy atom. The number of hydrogen-bond donors (Lipinski definition) is 0. The first-order valence-electron chi connectivity index (χ1n) is 6.91. The van der Waals surface area contributed by atoms with Crippen LogP contribution in [0.5, 0.6) is 0 Å². The van der Waals surface area contributed by atoms with Gasteiger partial charge in [0.05, 0.1) is 22.3 Å². The Bertz CT molecular complexity index is 423. The fourth-order valence-corrected chi connectivity index (χ4v) is 2.54. The molecule has 108 valence electrons. The Morgan fingerprint density at radius 1 is 1.42 bits per heavy atom. The molecule has 5 heteroatoms. The van der Waals surface area contributed by atoms with Gasteiger partial charge in [0, 0.05) is 13.2 Å². The van der Waals surface area contributed by atoms with Crippen LogP contribution in [0.4, 0.5) is 0 Å². The lowest BCUT2D eigenvalue weighted by Crippen LogP contribution is -2.27. The lowest BCUT2D eigenvalue weighted by Gasteiger charge is -2.15. The van der Waals surface area contributed by atoms with E-state index < -0.39 is 0 Å². The Labute approximate surface area is 123 Å². The second-order valence-electron chi connectivity index (χ2n) is 4.54. The number of aromatic nitrogens is 2. The number of ether oxygens (including phenoxy) is 1. The van der Waals surface area contributed by atoms with Crippen molar-refractivity contribution >= 4 is 21.7 Å². The zero-order valence-corrected chi connectivity index (χ0v) is 13.8. The van der Waals surface area contributed by atoms with Crippen LogP contribution in [0.25, 0.3) is 0 Å². The summed E-state index contributed by atoms with van der Waals surface area (Å²) in [7, 11) is 0. The minimum atomic E-state index is -0.289. The molecule has 1 heterocycles. The molecule has 1 atom stereocenters. The van der Waals surface area contributed by atoms with Crippen LogP contribution in [0.1, 0.15) is 45.0 Å². The molecule has 1 rings (SSSR count). The molecular formula is C14H23BrN2O2. The quantitative estimate of drug-likeness (QED) is 0.734. The third-order valence-electron chi connectivity index (χ3n) is 3.07. The monoisotopic (exact) mass is 330 g/mol. The molecule has 0 radical (unpaired) electrons. The first-order valence-corrected chi connectivity index (χ1v) is 7.70. The number of nitrogens with zero attached hydrogens (tertiary/aromatic N) is 2. The molecule has 1 aromatic heterocycles. The third-order valence-corrected chi connectivity index (χ3v) is 4.10. The van der Waals surface area contributed by atoms with Crippen LogP contribution in [0.15, 0.2) is 4.47 Å². The molecule has 0 aromatic carbocycles. The average Bonchev–Trinajstić information content (AvgIpc) is 2.66. The van der Waals surface area contributed by atoms with E-state index in [1.54, 1.807) is 0 Å². The zero-order chi connectivity index (χ0) is 14.4. The van der Waals surface area contributed by atoms with Gasteiger partial charge >= 0.3 is 0 Å². The van der Waals surface area contributed by atoms with Crippen molar-refractivity contribution in [1.29, 1.82) is 0 Å². The van der Waals surface area contributed by atoms with E-state index in [9.17, 15) is 4.79 Å². The van der Waals surface area contributed by atoms with Gasteiger partial charge in [-0.3, -0.25) is 9.48 Å². The second kappa shape index (κ2) is 7.80. The highest BCUT2D eigenvalue weighted by Gasteiger charge is 2.22. The van der Waals surface area contributed by atoms with E-state index in [1.165, 1.54) is 0 Å². The lowest BCUT2D eigenvalue weighted by molar-refractivity contribution is -0.130. The molecule has 0 amide bonds. The molecule has 1 unspecified atom stereocenters. The number of ketones is 1. The summed E-state index contributed by atoms with van der Waals surface area (Å²) in [4.78, 5) is 12.3. The van der Waals surface area contributed by atoms with Crippen LogP contribution in [-0.4, -0.2) is 28.3 Å². The predicted molar refractivity (Wildman–Crippen MR) is 79.4 cm³/mol. The smallest absolute Gasteiger partial charge is 0.167 e. The van der Waals surface area contributed by atoms with Crippen molar-refractivity contribution in [3.8, 4) is 0 Å². The van der Waals surface area contributed by atoms with Gasteiger partial charge in [-0.05, 0) is 43.1 Å². The fourth-order valence-electron chi connectivity index (χ4n) is 2.12. The van der Waals surface area contributed by atoms with Crippen molar-refractivity contribution in [1.82, 2.24) is 9.78 Å². The van der Waals surface area contributed by atoms with E-state index in [4.69, 9.17) is 4.74 Å². The molecule has 0 saturated heterocycles. The van der Waals surface area contributed by atoms with Gasteiger partial charge in [-0.2, -0.15) is 5.10 Å². The van der Waals surface area contributed by atoms with Crippen LogP contribution >= 0.6 is 15.9 Å². The Morgan fingerprint density at radius 3 is 2.63 bits per heavy atom. The zero-order valence-electron chi connectivity index (χ0n) is 12.2. The molecule has 0 spiro atoms. The van der Waals surface area contributed by atoms with Gasteiger partial charge in [-0.25, -0.2) is 0 Å². The largest absolute Gasteiger partial charge is 0.371 e. The van der Waals surface area contributed by atoms with E-state index in [-0.39, 0.29) is 11.9 Å². The summed E-state index contributed by atoms with van der Waals surface area (Å²) in [6.07, 6.45) is 1.81. The molecule has 1 aromatic rings. The summed E-state index contributed by atoms with van der Waals surface area (Å²) in [5.41, 5.74) is 1.87. The van der Waals surface area contributed by atoms with Gasteiger partial charge in [0.2, 0.25) is 0 Å². The Hall–Kier alpha value is -0.680. The molecule has 19 heavy (non-hydrogen) atoms. The molecule has 0 aliphatic carbocycles. The van der Waals surface area contributed by atoms with Crippen LogP contribution in [0, 0.1) is 6.92 Å². The second-order valence-corrected chi connectivity index (χ2v) is 5.33. The maximum absolute atomic E-state index is 12.3. The fraction of sp³-hybridized carbons (Fsp3) is 0.714. The number of carbonyl (C=O) groups is 1. The predicted octanol–water partition coefficient (Wildman–Crippen LogP) is 3.29. The van der Waals surface area contributed by atoms with Crippen molar-refractivity contribution in [3.63, 3.8) is 0 Å². The minimum absolute atomic E-state index is 0.138. The summed E-state index contributed by atoms with van der Waals surface area (Å²) in [6.45, 7) is 9.29. The van der Waals surface area contributed by atoms with Gasteiger partial charge in [0.1, 0.15) is 6.10 Å². The number of Topliss-reactive ketones (excluding diaryl/α,β-unsaturated/α-hetero) is 1. The normalized spacial score (nSPS) is 12.7. The number of rotatable bonds is 8. The van der Waals surface area contributed by atoms with E-state index in [0.29, 0.717) is 13.0 Å². The lowest BCUT2D eigenvalue weighted by atomic mass is 10.1. The molecule has 0 saturated carbocycles. The highest BCUT2D eigenvalue weighted by molar-refractivity contribution is 9.10. The summed E-state index contributed by atoms with van der Waals surface area (Å²) < 4.78 is 8.36. The maximum atomic E-state index is 12.3. The standard InChI is InChI=1S/C14H23BrN2O2/c1-5-8-13(19-7-3)12(18)9-11-14(15)10(4)16-17(11)6-2/h13H,5-9H2,1-4H3. The Kier molecular flexibility index (Phi) is 6.72. The molecule has 0 bridgehead atoms. The Balaban J connectivity index is 2.85. The van der Waals surface area contributed by atoms with Gasteiger partial charge < -0.3 is 4.74 Å². The summed E-state index contributed by atoms with van der Waals surface area (Å²) in [5.74, 6) is 0.138. The summed E-state index contributed by atoms with van der Waals surface area (Å²) in [6, 6.07) is 0. The highest BCUT2D eigenvalue weighted by Crippen LogP contribution is 2.22. The van der Waals surface area contributed by atoms with E-state index in [2.05, 4.69) is 28.0 Å². The third kappa shape index (κ3) is 4.14. The summed E-state index contributed by atoms with van der Waals surface area (Å²) in [5, 5.41) is 4.41. The van der Waals surface area contributed by atoms with Gasteiger partial charge in [0.25, 0.3) is 0 Å². The SMILES string of the molecule is CCCC(OCC)C(=O)Cc1c(Br)c(C)nn1CC. The number of aryl methyl sites for hydroxylation is 2.